The highest BCUT2D eigenvalue weighted by molar-refractivity contribution is 6.33. The largest absolute Gasteiger partial charge is 0.491 e. The zero-order chi connectivity index (χ0) is 22.6. The number of halogens is 1. The fourth-order valence-electron chi connectivity index (χ4n) is 3.98. The second-order valence-corrected chi connectivity index (χ2v) is 8.06. The van der Waals surface area contributed by atoms with Gasteiger partial charge >= 0.3 is 0 Å². The molecule has 6 heteroatoms. The summed E-state index contributed by atoms with van der Waals surface area (Å²) in [5.74, 6) is 1.38. The number of para-hydroxylation sites is 2. The van der Waals surface area contributed by atoms with Crippen LogP contribution in [0.15, 0.2) is 91.0 Å². The summed E-state index contributed by atoms with van der Waals surface area (Å²) in [5.41, 5.74) is 2.33. The van der Waals surface area contributed by atoms with E-state index in [0.29, 0.717) is 23.7 Å². The van der Waals surface area contributed by atoms with Crippen LogP contribution in [0.1, 0.15) is 16.2 Å². The minimum absolute atomic E-state index is 0.230. The van der Waals surface area contributed by atoms with Crippen LogP contribution in [0.2, 0.25) is 5.02 Å². The lowest BCUT2D eigenvalue weighted by Gasteiger charge is -2.13. The third-order valence-corrected chi connectivity index (χ3v) is 5.91. The normalized spacial score (nSPS) is 11.1. The average molecular weight is 456 g/mol. The predicted octanol–water partition coefficient (Wildman–Crippen LogP) is 5.85. The van der Waals surface area contributed by atoms with Gasteiger partial charge in [-0.1, -0.05) is 72.3 Å². The molecule has 5 aromatic rings. The van der Waals surface area contributed by atoms with E-state index in [0.717, 1.165) is 33.4 Å². The second-order valence-electron chi connectivity index (χ2n) is 7.66. The van der Waals surface area contributed by atoms with Crippen LogP contribution in [-0.4, -0.2) is 22.1 Å². The van der Waals surface area contributed by atoms with Gasteiger partial charge in [0.15, 0.2) is 0 Å². The van der Waals surface area contributed by atoms with E-state index in [9.17, 15) is 4.79 Å². The minimum Gasteiger partial charge on any atom is -0.491 e. The second kappa shape index (κ2) is 9.35. The molecule has 0 spiro atoms. The van der Waals surface area contributed by atoms with Gasteiger partial charge in [-0.3, -0.25) is 4.79 Å². The molecule has 1 N–H and O–H groups in total. The van der Waals surface area contributed by atoms with Crippen LogP contribution in [-0.2, 0) is 13.1 Å². The molecule has 0 radical (unpaired) electrons. The van der Waals surface area contributed by atoms with Crippen molar-refractivity contribution in [3.63, 3.8) is 0 Å². The summed E-state index contributed by atoms with van der Waals surface area (Å²) in [6.07, 6.45) is 0. The quantitative estimate of drug-likeness (QED) is 0.335. The monoisotopic (exact) mass is 455 g/mol. The number of ether oxygens (including phenoxy) is 1. The standard InChI is InChI=1S/C27H22ClN3O2/c28-22-12-4-3-11-21(22)27(32)29-18-26-30-23-13-5-6-14-24(23)31(26)16-17-33-25-15-7-9-19-8-1-2-10-20(19)25/h1-15H,16-18H2,(H,29,32). The Kier molecular flexibility index (Phi) is 5.96. The molecule has 5 nitrogen and oxygen atoms in total. The van der Waals surface area contributed by atoms with Crippen LogP contribution in [0, 0.1) is 0 Å². The first-order valence-electron chi connectivity index (χ1n) is 10.8. The molecule has 5 rings (SSSR count). The van der Waals surface area contributed by atoms with Crippen molar-refractivity contribution in [1.29, 1.82) is 0 Å². The number of amides is 1. The van der Waals surface area contributed by atoms with Gasteiger partial charge in [0.1, 0.15) is 18.2 Å². The Bertz CT molecular complexity index is 1440. The summed E-state index contributed by atoms with van der Waals surface area (Å²) in [5, 5.41) is 5.60. The average Bonchev–Trinajstić information content (AvgIpc) is 3.20. The van der Waals surface area contributed by atoms with Crippen molar-refractivity contribution in [3.05, 3.63) is 107 Å². The highest BCUT2D eigenvalue weighted by Crippen LogP contribution is 2.25. The molecular weight excluding hydrogens is 434 g/mol. The highest BCUT2D eigenvalue weighted by atomic mass is 35.5. The Morgan fingerprint density at radius 1 is 0.909 bits per heavy atom. The molecule has 0 fully saturated rings. The number of carbonyl (C=O) groups is 1. The van der Waals surface area contributed by atoms with E-state index < -0.39 is 0 Å². The van der Waals surface area contributed by atoms with E-state index in [1.54, 1.807) is 24.3 Å². The lowest BCUT2D eigenvalue weighted by molar-refractivity contribution is 0.0949. The number of imidazole rings is 1. The maximum absolute atomic E-state index is 12.6. The molecular formula is C27H22ClN3O2. The molecule has 4 aromatic carbocycles. The summed E-state index contributed by atoms with van der Waals surface area (Å²) in [6, 6.07) is 29.2. The fraction of sp³-hybridized carbons (Fsp3) is 0.111. The SMILES string of the molecule is O=C(NCc1nc2ccccc2n1CCOc1cccc2ccccc12)c1ccccc1Cl. The van der Waals surface area contributed by atoms with Gasteiger partial charge in [-0.2, -0.15) is 0 Å². The molecule has 1 aromatic heterocycles. The van der Waals surface area contributed by atoms with E-state index in [2.05, 4.69) is 28.1 Å². The number of carbonyl (C=O) groups excluding carboxylic acids is 1. The molecule has 0 unspecified atom stereocenters. The molecule has 0 aliphatic heterocycles. The van der Waals surface area contributed by atoms with Gasteiger partial charge in [-0.05, 0) is 35.7 Å². The molecule has 0 atom stereocenters. The lowest BCUT2D eigenvalue weighted by Crippen LogP contribution is -2.25. The number of rotatable bonds is 7. The predicted molar refractivity (Wildman–Crippen MR) is 132 cm³/mol. The van der Waals surface area contributed by atoms with Crippen LogP contribution >= 0.6 is 11.6 Å². The number of aromatic nitrogens is 2. The Morgan fingerprint density at radius 3 is 2.58 bits per heavy atom. The van der Waals surface area contributed by atoms with Gasteiger partial charge in [0.25, 0.3) is 5.91 Å². The van der Waals surface area contributed by atoms with Gasteiger partial charge in [-0.15, -0.1) is 0 Å². The van der Waals surface area contributed by atoms with E-state index in [4.69, 9.17) is 21.3 Å². The molecule has 164 valence electrons. The maximum atomic E-state index is 12.6. The minimum atomic E-state index is -0.230. The lowest BCUT2D eigenvalue weighted by atomic mass is 10.1. The molecule has 33 heavy (non-hydrogen) atoms. The molecule has 1 amide bonds. The number of hydrogen-bond acceptors (Lipinski definition) is 3. The zero-order valence-electron chi connectivity index (χ0n) is 17.9. The van der Waals surface area contributed by atoms with E-state index in [1.165, 1.54) is 0 Å². The van der Waals surface area contributed by atoms with Crippen molar-refractivity contribution in [2.24, 2.45) is 0 Å². The molecule has 0 saturated heterocycles. The van der Waals surface area contributed by atoms with E-state index in [-0.39, 0.29) is 12.5 Å². The van der Waals surface area contributed by atoms with E-state index >= 15 is 0 Å². The first kappa shape index (κ1) is 21.0. The van der Waals surface area contributed by atoms with Crippen LogP contribution in [0.4, 0.5) is 0 Å². The van der Waals surface area contributed by atoms with Crippen molar-refractivity contribution in [3.8, 4) is 5.75 Å². The summed E-state index contributed by atoms with van der Waals surface area (Å²) in [7, 11) is 0. The first-order valence-corrected chi connectivity index (χ1v) is 11.2. The van der Waals surface area contributed by atoms with Crippen molar-refractivity contribution >= 4 is 39.3 Å². The summed E-state index contributed by atoms with van der Waals surface area (Å²) < 4.78 is 8.24. The van der Waals surface area contributed by atoms with Crippen LogP contribution in [0.25, 0.3) is 21.8 Å². The molecule has 0 aliphatic rings. The van der Waals surface area contributed by atoms with Crippen molar-refractivity contribution in [2.45, 2.75) is 13.1 Å². The van der Waals surface area contributed by atoms with Crippen LogP contribution < -0.4 is 10.1 Å². The maximum Gasteiger partial charge on any atom is 0.253 e. The highest BCUT2D eigenvalue weighted by Gasteiger charge is 2.14. The number of nitrogens with zero attached hydrogens (tertiary/aromatic N) is 2. The van der Waals surface area contributed by atoms with E-state index in [1.807, 2.05) is 48.5 Å². The number of fused-ring (bicyclic) bond motifs is 2. The fourth-order valence-corrected chi connectivity index (χ4v) is 4.20. The Balaban J connectivity index is 1.34. The van der Waals surface area contributed by atoms with Crippen LogP contribution in [0.5, 0.6) is 5.75 Å². The third-order valence-electron chi connectivity index (χ3n) is 5.58. The zero-order valence-corrected chi connectivity index (χ0v) is 18.6. The summed E-state index contributed by atoms with van der Waals surface area (Å²) >= 11 is 6.17. The third kappa shape index (κ3) is 4.41. The van der Waals surface area contributed by atoms with Gasteiger partial charge < -0.3 is 14.6 Å². The Morgan fingerprint density at radius 2 is 1.67 bits per heavy atom. The van der Waals surface area contributed by atoms with Crippen LogP contribution in [0.3, 0.4) is 0 Å². The summed E-state index contributed by atoms with van der Waals surface area (Å²) in [4.78, 5) is 17.4. The van der Waals surface area contributed by atoms with Crippen molar-refractivity contribution in [2.75, 3.05) is 6.61 Å². The molecule has 0 bridgehead atoms. The Labute approximate surface area is 196 Å². The van der Waals surface area contributed by atoms with Gasteiger partial charge in [0.05, 0.1) is 34.7 Å². The van der Waals surface area contributed by atoms with Gasteiger partial charge in [-0.25, -0.2) is 4.98 Å². The Hall–Kier alpha value is -3.83. The smallest absolute Gasteiger partial charge is 0.253 e. The first-order chi connectivity index (χ1) is 16.2. The summed E-state index contributed by atoms with van der Waals surface area (Å²) in [6.45, 7) is 1.36. The van der Waals surface area contributed by atoms with Crippen molar-refractivity contribution in [1.82, 2.24) is 14.9 Å². The molecule has 1 heterocycles. The molecule has 0 aliphatic carbocycles. The number of benzene rings is 4. The number of nitrogens with one attached hydrogen (secondary N) is 1. The van der Waals surface area contributed by atoms with Crippen molar-refractivity contribution < 1.29 is 9.53 Å². The van der Waals surface area contributed by atoms with Gasteiger partial charge in [0, 0.05) is 5.39 Å². The molecule has 0 saturated carbocycles. The van der Waals surface area contributed by atoms with Gasteiger partial charge in [0.2, 0.25) is 0 Å². The topological polar surface area (TPSA) is 56.2 Å². The number of hydrogen-bond donors (Lipinski definition) is 1.